The summed E-state index contributed by atoms with van der Waals surface area (Å²) in [5.74, 6) is -3.21. The average molecular weight is 475 g/mol. The normalized spacial score (nSPS) is 17.1. The van der Waals surface area contributed by atoms with Crippen molar-refractivity contribution < 1.29 is 27.9 Å². The van der Waals surface area contributed by atoms with Gasteiger partial charge in [0.15, 0.2) is 17.3 Å². The molecule has 0 aliphatic carbocycles. The number of ether oxygens (including phenoxy) is 1. The molecule has 0 unspecified atom stereocenters. The van der Waals surface area contributed by atoms with Crippen molar-refractivity contribution in [1.82, 2.24) is 25.3 Å². The van der Waals surface area contributed by atoms with Crippen LogP contribution in [0.25, 0.3) is 5.69 Å². The Bertz CT molecular complexity index is 1140. The fourth-order valence-electron chi connectivity index (χ4n) is 4.11. The van der Waals surface area contributed by atoms with E-state index in [-0.39, 0.29) is 36.3 Å². The second kappa shape index (κ2) is 9.13. The van der Waals surface area contributed by atoms with Gasteiger partial charge in [-0.3, -0.25) is 14.4 Å². The van der Waals surface area contributed by atoms with Gasteiger partial charge < -0.3 is 20.3 Å². The van der Waals surface area contributed by atoms with Gasteiger partial charge in [-0.05, 0) is 17.5 Å². The molecule has 4 rings (SSSR count). The van der Waals surface area contributed by atoms with Crippen LogP contribution in [0.1, 0.15) is 42.5 Å². The van der Waals surface area contributed by atoms with Gasteiger partial charge in [0.25, 0.3) is 5.91 Å². The summed E-state index contributed by atoms with van der Waals surface area (Å²) in [4.78, 5) is 39.8. The lowest BCUT2D eigenvalue weighted by Gasteiger charge is -2.36. The Morgan fingerprint density at radius 2 is 2.00 bits per heavy atom. The van der Waals surface area contributed by atoms with Crippen LogP contribution in [0.2, 0.25) is 0 Å². The Hall–Kier alpha value is -3.34. The van der Waals surface area contributed by atoms with Crippen molar-refractivity contribution in [3.8, 4) is 5.69 Å². The second-order valence-electron chi connectivity index (χ2n) is 9.47. The molecule has 2 N–H and O–H groups in total. The van der Waals surface area contributed by atoms with Crippen LogP contribution >= 0.6 is 0 Å². The molecule has 1 atom stereocenters. The highest BCUT2D eigenvalue weighted by atomic mass is 19.2. The summed E-state index contributed by atoms with van der Waals surface area (Å²) in [5, 5.41) is 9.87. The zero-order chi connectivity index (χ0) is 24.6. The van der Waals surface area contributed by atoms with Crippen molar-refractivity contribution in [3.05, 3.63) is 46.8 Å². The van der Waals surface area contributed by atoms with E-state index in [1.54, 1.807) is 0 Å². The molecule has 1 saturated heterocycles. The first-order valence-electron chi connectivity index (χ1n) is 11.1. The quantitative estimate of drug-likeness (QED) is 0.694. The number of halogens is 2. The standard InChI is InChI=1S/C23H27F2N5O4/c1-23(2,3)20(22(33)29-8-7-26-18(31)11-29)27-21(32)19-14-12-34-9-6-17(14)30(28-19)13-4-5-15(24)16(25)10-13/h4-5,10,20H,6-9,11-12H2,1-3H3,(H,26,31)(H,27,32)/t20-/m1/s1. The number of carbonyl (C=O) groups is 3. The molecule has 2 aliphatic rings. The number of aromatic nitrogens is 2. The van der Waals surface area contributed by atoms with Gasteiger partial charge in [-0.25, -0.2) is 13.5 Å². The van der Waals surface area contributed by atoms with Gasteiger partial charge in [0.05, 0.1) is 31.1 Å². The number of fused-ring (bicyclic) bond motifs is 1. The number of hydrogen-bond donors (Lipinski definition) is 2. The van der Waals surface area contributed by atoms with Crippen molar-refractivity contribution in [2.24, 2.45) is 5.41 Å². The third kappa shape index (κ3) is 4.65. The molecule has 0 spiro atoms. The van der Waals surface area contributed by atoms with Gasteiger partial charge in [0.1, 0.15) is 6.04 Å². The fourth-order valence-corrected chi connectivity index (χ4v) is 4.11. The number of piperazine rings is 1. The number of nitrogens with zero attached hydrogens (tertiary/aromatic N) is 3. The molecule has 0 radical (unpaired) electrons. The molecule has 0 saturated carbocycles. The topological polar surface area (TPSA) is 106 Å². The molecule has 3 amide bonds. The molecule has 11 heteroatoms. The minimum absolute atomic E-state index is 0.0536. The number of carbonyl (C=O) groups excluding carboxylic acids is 3. The lowest BCUT2D eigenvalue weighted by molar-refractivity contribution is -0.141. The lowest BCUT2D eigenvalue weighted by atomic mass is 9.85. The van der Waals surface area contributed by atoms with Crippen molar-refractivity contribution in [1.29, 1.82) is 0 Å². The number of benzene rings is 1. The monoisotopic (exact) mass is 475 g/mol. The van der Waals surface area contributed by atoms with Crippen molar-refractivity contribution in [2.75, 3.05) is 26.2 Å². The Balaban J connectivity index is 1.66. The maximum absolute atomic E-state index is 13.9. The largest absolute Gasteiger partial charge is 0.376 e. The highest BCUT2D eigenvalue weighted by Gasteiger charge is 2.38. The van der Waals surface area contributed by atoms with Crippen LogP contribution in [0.5, 0.6) is 0 Å². The molecule has 1 fully saturated rings. The van der Waals surface area contributed by atoms with E-state index in [2.05, 4.69) is 15.7 Å². The van der Waals surface area contributed by atoms with Crippen LogP contribution < -0.4 is 10.6 Å². The summed E-state index contributed by atoms with van der Waals surface area (Å²) in [5.41, 5.74) is 0.872. The predicted octanol–water partition coefficient (Wildman–Crippen LogP) is 1.33. The van der Waals surface area contributed by atoms with Crippen molar-refractivity contribution >= 4 is 17.7 Å². The molecule has 34 heavy (non-hydrogen) atoms. The first-order chi connectivity index (χ1) is 16.1. The Kier molecular flexibility index (Phi) is 6.39. The molecular weight excluding hydrogens is 448 g/mol. The van der Waals surface area contributed by atoms with E-state index in [1.807, 2.05) is 20.8 Å². The minimum atomic E-state index is -1.02. The molecule has 2 aromatic rings. The van der Waals surface area contributed by atoms with Gasteiger partial charge in [0.2, 0.25) is 11.8 Å². The van der Waals surface area contributed by atoms with Crippen LogP contribution in [-0.4, -0.2) is 64.7 Å². The lowest BCUT2D eigenvalue weighted by Crippen LogP contribution is -2.59. The molecule has 1 aromatic carbocycles. The Morgan fingerprint density at radius 1 is 1.24 bits per heavy atom. The predicted molar refractivity (Wildman–Crippen MR) is 117 cm³/mol. The van der Waals surface area contributed by atoms with Gasteiger partial charge in [-0.2, -0.15) is 5.10 Å². The summed E-state index contributed by atoms with van der Waals surface area (Å²) in [6.45, 7) is 6.59. The maximum Gasteiger partial charge on any atom is 0.272 e. The van der Waals surface area contributed by atoms with E-state index in [0.29, 0.717) is 37.4 Å². The van der Waals surface area contributed by atoms with E-state index >= 15 is 0 Å². The molecule has 2 aliphatic heterocycles. The van der Waals surface area contributed by atoms with Crippen molar-refractivity contribution in [2.45, 2.75) is 39.8 Å². The van der Waals surface area contributed by atoms with Gasteiger partial charge in [-0.15, -0.1) is 0 Å². The summed E-state index contributed by atoms with van der Waals surface area (Å²) in [7, 11) is 0. The average Bonchev–Trinajstić information content (AvgIpc) is 3.18. The first kappa shape index (κ1) is 23.8. The van der Waals surface area contributed by atoms with Crippen LogP contribution in [0.3, 0.4) is 0 Å². The fraction of sp³-hybridized carbons (Fsp3) is 0.478. The second-order valence-corrected chi connectivity index (χ2v) is 9.47. The molecule has 3 heterocycles. The summed E-state index contributed by atoms with van der Waals surface area (Å²) in [6.07, 6.45) is 0.430. The third-order valence-corrected chi connectivity index (χ3v) is 5.92. The molecule has 9 nitrogen and oxygen atoms in total. The minimum Gasteiger partial charge on any atom is -0.376 e. The highest BCUT2D eigenvalue weighted by molar-refractivity contribution is 5.98. The SMILES string of the molecule is CC(C)(C)[C@H](NC(=O)c1nn(-c2ccc(F)c(F)c2)c2c1COCC2)C(=O)N1CCNC(=O)C1. The van der Waals surface area contributed by atoms with E-state index in [4.69, 9.17) is 4.74 Å². The zero-order valence-corrected chi connectivity index (χ0v) is 19.3. The summed E-state index contributed by atoms with van der Waals surface area (Å²) < 4.78 is 34.2. The smallest absolute Gasteiger partial charge is 0.272 e. The third-order valence-electron chi connectivity index (χ3n) is 5.92. The Morgan fingerprint density at radius 3 is 2.68 bits per heavy atom. The molecule has 1 aromatic heterocycles. The first-order valence-corrected chi connectivity index (χ1v) is 11.1. The number of hydrogen-bond acceptors (Lipinski definition) is 5. The van der Waals surface area contributed by atoms with E-state index < -0.39 is 29.0 Å². The molecule has 0 bridgehead atoms. The summed E-state index contributed by atoms with van der Waals surface area (Å²) >= 11 is 0. The van der Waals surface area contributed by atoms with Crippen LogP contribution in [0.15, 0.2) is 18.2 Å². The summed E-state index contributed by atoms with van der Waals surface area (Å²) in [6, 6.07) is 2.48. The van der Waals surface area contributed by atoms with Gasteiger partial charge >= 0.3 is 0 Å². The Labute approximate surface area is 195 Å². The van der Waals surface area contributed by atoms with Gasteiger partial charge in [0, 0.05) is 31.1 Å². The van der Waals surface area contributed by atoms with E-state index in [9.17, 15) is 23.2 Å². The van der Waals surface area contributed by atoms with Gasteiger partial charge in [-0.1, -0.05) is 20.8 Å². The number of nitrogens with one attached hydrogen (secondary N) is 2. The molecular formula is C23H27F2N5O4. The highest BCUT2D eigenvalue weighted by Crippen LogP contribution is 2.27. The number of rotatable bonds is 4. The van der Waals surface area contributed by atoms with Crippen LogP contribution in [0.4, 0.5) is 8.78 Å². The van der Waals surface area contributed by atoms with E-state index in [1.165, 1.54) is 15.6 Å². The van der Waals surface area contributed by atoms with E-state index in [0.717, 1.165) is 12.1 Å². The molecule has 182 valence electrons. The van der Waals surface area contributed by atoms with Crippen LogP contribution in [-0.2, 0) is 27.4 Å². The van der Waals surface area contributed by atoms with Crippen molar-refractivity contribution in [3.63, 3.8) is 0 Å². The van der Waals surface area contributed by atoms with Crippen LogP contribution in [0, 0.1) is 17.0 Å². The maximum atomic E-state index is 13.9. The number of amides is 3. The zero-order valence-electron chi connectivity index (χ0n) is 19.3.